The van der Waals surface area contributed by atoms with E-state index in [1.54, 1.807) is 0 Å². The van der Waals surface area contributed by atoms with Crippen LogP contribution in [-0.2, 0) is 0 Å². The molecule has 3 nitrogen and oxygen atoms in total. The molecule has 0 bridgehead atoms. The fraction of sp³-hybridized carbons (Fsp3) is 0. The Hall–Kier alpha value is -6.58. The van der Waals surface area contributed by atoms with Crippen LogP contribution in [0.1, 0.15) is 0 Å². The largest absolute Gasteiger partial charge is 0.278 e. The van der Waals surface area contributed by atoms with Crippen LogP contribution in [0, 0.1) is 0 Å². The van der Waals surface area contributed by atoms with Crippen molar-refractivity contribution in [1.82, 2.24) is 14.5 Å². The highest BCUT2D eigenvalue weighted by Crippen LogP contribution is 2.37. The molecule has 0 saturated carbocycles. The van der Waals surface area contributed by atoms with E-state index in [1.807, 2.05) is 0 Å². The molecular weight excluding hydrogens is 595 g/mol. The van der Waals surface area contributed by atoms with E-state index in [0.717, 1.165) is 44.3 Å². The summed E-state index contributed by atoms with van der Waals surface area (Å²) in [6.45, 7) is 0. The number of fused-ring (bicyclic) bond motifs is 6. The Bertz CT molecular complexity index is 2870. The van der Waals surface area contributed by atoms with E-state index in [1.165, 1.54) is 43.4 Å². The third kappa shape index (κ3) is 4.59. The van der Waals surface area contributed by atoms with Gasteiger partial charge in [0.05, 0.1) is 22.2 Å². The molecule has 0 atom stereocenters. The maximum Gasteiger partial charge on any atom is 0.235 e. The highest BCUT2D eigenvalue weighted by molar-refractivity contribution is 6.13. The molecule has 228 valence electrons. The fourth-order valence-electron chi connectivity index (χ4n) is 7.31. The summed E-state index contributed by atoms with van der Waals surface area (Å²) < 4.78 is 2.23. The number of benzene rings is 8. The van der Waals surface area contributed by atoms with Crippen LogP contribution in [0.15, 0.2) is 176 Å². The molecule has 0 unspecified atom stereocenters. The second-order valence-electron chi connectivity index (χ2n) is 12.7. The Morgan fingerprint density at radius 1 is 0.327 bits per heavy atom. The Morgan fingerprint density at radius 2 is 0.918 bits per heavy atom. The Kier molecular flexibility index (Phi) is 6.18. The van der Waals surface area contributed by atoms with E-state index in [4.69, 9.17) is 9.97 Å². The van der Waals surface area contributed by atoms with Crippen LogP contribution in [0.4, 0.5) is 0 Å². The topological polar surface area (TPSA) is 30.7 Å². The predicted octanol–water partition coefficient (Wildman–Crippen LogP) is 12.0. The van der Waals surface area contributed by atoms with Crippen LogP contribution < -0.4 is 0 Å². The molecule has 0 spiro atoms. The quantitative estimate of drug-likeness (QED) is 0.195. The normalized spacial score (nSPS) is 11.7. The lowest BCUT2D eigenvalue weighted by Crippen LogP contribution is -2.03. The summed E-state index contributed by atoms with van der Waals surface area (Å²) in [6, 6.07) is 62.7. The zero-order valence-electron chi connectivity index (χ0n) is 26.6. The van der Waals surface area contributed by atoms with Crippen molar-refractivity contribution in [2.45, 2.75) is 0 Å². The summed E-state index contributed by atoms with van der Waals surface area (Å²) in [4.78, 5) is 10.7. The van der Waals surface area contributed by atoms with Crippen molar-refractivity contribution in [2.24, 2.45) is 0 Å². The van der Waals surface area contributed by atoms with Gasteiger partial charge in [0.2, 0.25) is 5.95 Å². The van der Waals surface area contributed by atoms with Crippen LogP contribution in [-0.4, -0.2) is 14.5 Å². The van der Waals surface area contributed by atoms with Gasteiger partial charge in [0, 0.05) is 21.7 Å². The number of hydrogen-bond donors (Lipinski definition) is 0. The maximum absolute atomic E-state index is 5.44. The standard InChI is InChI=1S/C46H29N3/c1-2-10-30(11-3-1)32-18-20-33(21-19-32)37-24-25-42-41(28-37)45(38-23-22-31-12-4-5-13-34(31)26-38)48-46(47-42)49-43-17-9-8-16-39(43)40-27-35-14-6-7-15-36(35)29-44(40)49/h1-29H. The second kappa shape index (κ2) is 11.0. The van der Waals surface area contributed by atoms with Gasteiger partial charge in [0.25, 0.3) is 0 Å². The number of nitrogens with zero attached hydrogens (tertiary/aromatic N) is 3. The molecule has 0 amide bonds. The van der Waals surface area contributed by atoms with Crippen LogP contribution in [0.5, 0.6) is 0 Å². The third-order valence-electron chi connectivity index (χ3n) is 9.77. The Balaban J connectivity index is 1.21. The van der Waals surface area contributed by atoms with E-state index in [0.29, 0.717) is 5.95 Å². The van der Waals surface area contributed by atoms with Gasteiger partial charge in [-0.05, 0) is 80.2 Å². The van der Waals surface area contributed by atoms with Crippen molar-refractivity contribution in [3.8, 4) is 39.5 Å². The minimum Gasteiger partial charge on any atom is -0.278 e. The number of para-hydroxylation sites is 1. The minimum absolute atomic E-state index is 0.664. The van der Waals surface area contributed by atoms with E-state index in [9.17, 15) is 0 Å². The van der Waals surface area contributed by atoms with Crippen LogP contribution in [0.3, 0.4) is 0 Å². The van der Waals surface area contributed by atoms with Crippen molar-refractivity contribution in [3.63, 3.8) is 0 Å². The average molecular weight is 624 g/mol. The van der Waals surface area contributed by atoms with E-state index in [-0.39, 0.29) is 0 Å². The molecular formula is C46H29N3. The molecule has 0 N–H and O–H groups in total. The number of aromatic nitrogens is 3. The molecule has 0 aliphatic carbocycles. The lowest BCUT2D eigenvalue weighted by Gasteiger charge is -2.14. The van der Waals surface area contributed by atoms with Crippen LogP contribution in [0.2, 0.25) is 0 Å². The van der Waals surface area contributed by atoms with E-state index >= 15 is 0 Å². The molecule has 0 aliphatic rings. The summed E-state index contributed by atoms with van der Waals surface area (Å²) in [7, 11) is 0. The Labute approximate surface area is 283 Å². The molecule has 3 heteroatoms. The summed E-state index contributed by atoms with van der Waals surface area (Å²) in [5.41, 5.74) is 9.78. The molecule has 0 saturated heterocycles. The van der Waals surface area contributed by atoms with Crippen molar-refractivity contribution in [2.75, 3.05) is 0 Å². The van der Waals surface area contributed by atoms with Crippen LogP contribution >= 0.6 is 0 Å². The lowest BCUT2D eigenvalue weighted by atomic mass is 9.97. The molecule has 0 radical (unpaired) electrons. The molecule has 10 rings (SSSR count). The fourth-order valence-corrected chi connectivity index (χ4v) is 7.31. The zero-order chi connectivity index (χ0) is 32.3. The van der Waals surface area contributed by atoms with Gasteiger partial charge < -0.3 is 0 Å². The first kappa shape index (κ1) is 27.5. The molecule has 2 heterocycles. The molecule has 8 aromatic carbocycles. The third-order valence-corrected chi connectivity index (χ3v) is 9.77. The van der Waals surface area contributed by atoms with Gasteiger partial charge in [0.1, 0.15) is 0 Å². The second-order valence-corrected chi connectivity index (χ2v) is 12.7. The predicted molar refractivity (Wildman–Crippen MR) is 205 cm³/mol. The highest BCUT2D eigenvalue weighted by atomic mass is 15.2. The molecule has 0 aliphatic heterocycles. The summed E-state index contributed by atoms with van der Waals surface area (Å²) in [6.07, 6.45) is 0. The zero-order valence-corrected chi connectivity index (χ0v) is 26.6. The van der Waals surface area contributed by atoms with Gasteiger partial charge in [0.15, 0.2) is 0 Å². The first-order valence-corrected chi connectivity index (χ1v) is 16.7. The first-order chi connectivity index (χ1) is 24.3. The summed E-state index contributed by atoms with van der Waals surface area (Å²) in [5.74, 6) is 0.664. The summed E-state index contributed by atoms with van der Waals surface area (Å²) in [5, 5.41) is 8.21. The van der Waals surface area contributed by atoms with Crippen molar-refractivity contribution in [3.05, 3.63) is 176 Å². The van der Waals surface area contributed by atoms with Crippen molar-refractivity contribution in [1.29, 1.82) is 0 Å². The highest BCUT2D eigenvalue weighted by Gasteiger charge is 2.18. The van der Waals surface area contributed by atoms with E-state index < -0.39 is 0 Å². The van der Waals surface area contributed by atoms with Gasteiger partial charge in [-0.2, -0.15) is 0 Å². The number of rotatable bonds is 4. The van der Waals surface area contributed by atoms with Gasteiger partial charge in [-0.25, -0.2) is 9.97 Å². The average Bonchev–Trinajstić information content (AvgIpc) is 3.49. The molecule has 49 heavy (non-hydrogen) atoms. The molecule has 10 aromatic rings. The van der Waals surface area contributed by atoms with Crippen molar-refractivity contribution >= 4 is 54.3 Å². The molecule has 2 aromatic heterocycles. The maximum atomic E-state index is 5.44. The first-order valence-electron chi connectivity index (χ1n) is 16.7. The van der Waals surface area contributed by atoms with Crippen LogP contribution in [0.25, 0.3) is 93.7 Å². The van der Waals surface area contributed by atoms with Crippen molar-refractivity contribution < 1.29 is 0 Å². The van der Waals surface area contributed by atoms with Gasteiger partial charge in [-0.15, -0.1) is 0 Å². The van der Waals surface area contributed by atoms with Gasteiger partial charge >= 0.3 is 0 Å². The SMILES string of the molecule is c1ccc(-c2ccc(-c3ccc4nc(-n5c6ccccc6c6cc7ccccc7cc65)nc(-c5ccc6ccccc6c5)c4c3)cc2)cc1. The monoisotopic (exact) mass is 623 g/mol. The minimum atomic E-state index is 0.664. The smallest absolute Gasteiger partial charge is 0.235 e. The number of hydrogen-bond acceptors (Lipinski definition) is 2. The summed E-state index contributed by atoms with van der Waals surface area (Å²) >= 11 is 0. The van der Waals surface area contributed by atoms with Gasteiger partial charge in [-0.3, -0.25) is 4.57 Å². The molecule has 0 fully saturated rings. The van der Waals surface area contributed by atoms with E-state index in [2.05, 4.69) is 180 Å². The lowest BCUT2D eigenvalue weighted by molar-refractivity contribution is 1.01. The van der Waals surface area contributed by atoms with Gasteiger partial charge in [-0.1, -0.05) is 140 Å². The Morgan fingerprint density at radius 3 is 1.71 bits per heavy atom.